The van der Waals surface area contributed by atoms with E-state index in [0.29, 0.717) is 26.3 Å². The Morgan fingerprint density at radius 1 is 1.52 bits per heavy atom. The molecule has 0 radical (unpaired) electrons. The molecule has 1 aromatic rings. The Balaban J connectivity index is 1.86. The molecule has 1 saturated heterocycles. The zero-order chi connectivity index (χ0) is 16.7. The molecule has 1 amide bonds. The van der Waals surface area contributed by atoms with Gasteiger partial charge in [-0.15, -0.1) is 0 Å². The summed E-state index contributed by atoms with van der Waals surface area (Å²) in [4.78, 5) is 26.0. The molecule has 0 unspecified atom stereocenters. The van der Waals surface area contributed by atoms with Crippen LogP contribution in [0.1, 0.15) is 26.2 Å². The fraction of sp³-hybridized carbons (Fsp3) is 0.688. The highest BCUT2D eigenvalue weighted by atomic mass is 16.5. The first-order chi connectivity index (χ1) is 11.1. The Hall–Kier alpha value is -1.89. The molecule has 2 heterocycles. The lowest BCUT2D eigenvalue weighted by Crippen LogP contribution is -2.43. The molecule has 0 saturated carbocycles. The van der Waals surface area contributed by atoms with Crippen molar-refractivity contribution >= 4 is 11.6 Å². The van der Waals surface area contributed by atoms with Gasteiger partial charge in [0.15, 0.2) is 0 Å². The second-order valence-corrected chi connectivity index (χ2v) is 5.80. The first-order valence-electron chi connectivity index (χ1n) is 8.25. The van der Waals surface area contributed by atoms with Crippen LogP contribution < -0.4 is 15.8 Å². The molecule has 23 heavy (non-hydrogen) atoms. The number of ether oxygens (including phenoxy) is 1. The van der Waals surface area contributed by atoms with Gasteiger partial charge < -0.3 is 15.0 Å². The van der Waals surface area contributed by atoms with Gasteiger partial charge in [0.1, 0.15) is 0 Å². The van der Waals surface area contributed by atoms with E-state index in [1.165, 1.54) is 4.68 Å². The average molecular weight is 322 g/mol. The molecule has 1 atom stereocenters. The van der Waals surface area contributed by atoms with Gasteiger partial charge in [0.05, 0.1) is 17.8 Å². The number of anilines is 1. The number of aromatic nitrogens is 2. The number of aryl methyl sites for hydroxylation is 1. The van der Waals surface area contributed by atoms with Crippen molar-refractivity contribution in [3.05, 3.63) is 22.6 Å². The Labute approximate surface area is 136 Å². The Morgan fingerprint density at radius 2 is 2.35 bits per heavy atom. The third kappa shape index (κ3) is 5.06. The summed E-state index contributed by atoms with van der Waals surface area (Å²) in [6.45, 7) is 5.46. The summed E-state index contributed by atoms with van der Waals surface area (Å²) in [6, 6.07) is 1.58. The quantitative estimate of drug-likeness (QED) is 0.742. The van der Waals surface area contributed by atoms with Gasteiger partial charge in [-0.2, -0.15) is 5.10 Å². The largest absolute Gasteiger partial charge is 0.382 e. The van der Waals surface area contributed by atoms with Crippen LogP contribution in [0.3, 0.4) is 0 Å². The maximum Gasteiger partial charge on any atom is 0.268 e. The first kappa shape index (κ1) is 17.5. The van der Waals surface area contributed by atoms with E-state index >= 15 is 0 Å². The standard InChI is InChI=1S/C16H26N4O3/c1-3-23-9-5-7-17-16(22)13-6-4-8-20(12-13)14-10-15(21)19(2)18-11-14/h10-11,13H,3-9,12H2,1-2H3,(H,17,22)/t13-/m1/s1. The number of nitrogens with one attached hydrogen (secondary N) is 1. The molecule has 128 valence electrons. The van der Waals surface area contributed by atoms with E-state index < -0.39 is 0 Å². The summed E-state index contributed by atoms with van der Waals surface area (Å²) in [5, 5.41) is 7.03. The van der Waals surface area contributed by atoms with E-state index in [1.54, 1.807) is 19.3 Å². The number of hydrogen-bond acceptors (Lipinski definition) is 5. The number of rotatable bonds is 7. The number of nitrogens with zero attached hydrogens (tertiary/aromatic N) is 3. The second kappa shape index (κ2) is 8.67. The Bertz CT molecular complexity index is 573. The molecule has 1 aliphatic rings. The summed E-state index contributed by atoms with van der Waals surface area (Å²) >= 11 is 0. The summed E-state index contributed by atoms with van der Waals surface area (Å²) in [6.07, 6.45) is 4.33. The summed E-state index contributed by atoms with van der Waals surface area (Å²) in [5.41, 5.74) is 0.659. The van der Waals surface area contributed by atoms with Crippen LogP contribution in [-0.4, -0.2) is 48.5 Å². The fourth-order valence-corrected chi connectivity index (χ4v) is 2.73. The third-order valence-corrected chi connectivity index (χ3v) is 4.08. The van der Waals surface area contributed by atoms with E-state index in [2.05, 4.69) is 15.3 Å². The Morgan fingerprint density at radius 3 is 3.09 bits per heavy atom. The molecule has 2 rings (SSSR count). The highest BCUT2D eigenvalue weighted by molar-refractivity contribution is 5.79. The molecule has 0 spiro atoms. The van der Waals surface area contributed by atoms with Gasteiger partial charge in [-0.05, 0) is 26.2 Å². The van der Waals surface area contributed by atoms with Crippen molar-refractivity contribution in [1.82, 2.24) is 15.1 Å². The minimum atomic E-state index is -0.134. The van der Waals surface area contributed by atoms with Gasteiger partial charge >= 0.3 is 0 Å². The van der Waals surface area contributed by atoms with Gasteiger partial charge in [-0.25, -0.2) is 4.68 Å². The third-order valence-electron chi connectivity index (χ3n) is 4.08. The zero-order valence-corrected chi connectivity index (χ0v) is 14.0. The first-order valence-corrected chi connectivity index (χ1v) is 8.25. The molecule has 7 heteroatoms. The topological polar surface area (TPSA) is 76.5 Å². The van der Waals surface area contributed by atoms with Crippen LogP contribution in [0.5, 0.6) is 0 Å². The molecule has 7 nitrogen and oxygen atoms in total. The molecule has 0 aliphatic carbocycles. The number of hydrogen-bond donors (Lipinski definition) is 1. The highest BCUT2D eigenvalue weighted by Gasteiger charge is 2.26. The number of carbonyl (C=O) groups excluding carboxylic acids is 1. The predicted octanol–water partition coefficient (Wildman–Crippen LogP) is 0.540. The van der Waals surface area contributed by atoms with Crippen molar-refractivity contribution in [1.29, 1.82) is 0 Å². The summed E-state index contributed by atoms with van der Waals surface area (Å²) < 4.78 is 6.56. The van der Waals surface area contributed by atoms with Crippen LogP contribution in [0.4, 0.5) is 5.69 Å². The van der Waals surface area contributed by atoms with Crippen LogP contribution in [0.2, 0.25) is 0 Å². The average Bonchev–Trinajstić information content (AvgIpc) is 2.57. The van der Waals surface area contributed by atoms with E-state index in [9.17, 15) is 9.59 Å². The normalized spacial score (nSPS) is 18.0. The van der Waals surface area contributed by atoms with Crippen LogP contribution in [0.15, 0.2) is 17.1 Å². The highest BCUT2D eigenvalue weighted by Crippen LogP contribution is 2.21. The van der Waals surface area contributed by atoms with Crippen molar-refractivity contribution in [3.63, 3.8) is 0 Å². The van der Waals surface area contributed by atoms with E-state index in [-0.39, 0.29) is 17.4 Å². The minimum absolute atomic E-state index is 0.0418. The van der Waals surface area contributed by atoms with Crippen molar-refractivity contribution in [3.8, 4) is 0 Å². The molecular weight excluding hydrogens is 296 g/mol. The van der Waals surface area contributed by atoms with Gasteiger partial charge in [0, 0.05) is 46.0 Å². The van der Waals surface area contributed by atoms with Crippen molar-refractivity contribution in [2.45, 2.75) is 26.2 Å². The van der Waals surface area contributed by atoms with E-state index in [1.807, 2.05) is 6.92 Å². The molecule has 1 N–H and O–H groups in total. The monoisotopic (exact) mass is 322 g/mol. The maximum absolute atomic E-state index is 12.3. The molecule has 0 aromatic carbocycles. The van der Waals surface area contributed by atoms with Crippen LogP contribution in [0, 0.1) is 5.92 Å². The van der Waals surface area contributed by atoms with Crippen molar-refractivity contribution in [2.75, 3.05) is 37.7 Å². The smallest absolute Gasteiger partial charge is 0.268 e. The van der Waals surface area contributed by atoms with E-state index in [4.69, 9.17) is 4.74 Å². The van der Waals surface area contributed by atoms with Gasteiger partial charge in [-0.1, -0.05) is 0 Å². The summed E-state index contributed by atoms with van der Waals surface area (Å²) in [5.74, 6) is 0.0443. The number of piperidine rings is 1. The SMILES string of the molecule is CCOCCCNC(=O)[C@@H]1CCCN(c2cnn(C)c(=O)c2)C1. The van der Waals surface area contributed by atoms with Crippen LogP contribution in [0.25, 0.3) is 0 Å². The molecule has 0 bridgehead atoms. The molecule has 1 fully saturated rings. The predicted molar refractivity (Wildman–Crippen MR) is 88.5 cm³/mol. The maximum atomic E-state index is 12.3. The zero-order valence-electron chi connectivity index (χ0n) is 14.0. The van der Waals surface area contributed by atoms with Crippen LogP contribution >= 0.6 is 0 Å². The second-order valence-electron chi connectivity index (χ2n) is 5.80. The fourth-order valence-electron chi connectivity index (χ4n) is 2.73. The van der Waals surface area contributed by atoms with Gasteiger partial charge in [0.2, 0.25) is 5.91 Å². The van der Waals surface area contributed by atoms with Gasteiger partial charge in [0.25, 0.3) is 5.56 Å². The lowest BCUT2D eigenvalue weighted by atomic mass is 9.97. The lowest BCUT2D eigenvalue weighted by molar-refractivity contribution is -0.125. The number of amides is 1. The van der Waals surface area contributed by atoms with Gasteiger partial charge in [-0.3, -0.25) is 9.59 Å². The molecule has 1 aliphatic heterocycles. The van der Waals surface area contributed by atoms with Crippen molar-refractivity contribution < 1.29 is 9.53 Å². The number of carbonyl (C=O) groups is 1. The minimum Gasteiger partial charge on any atom is -0.382 e. The Kier molecular flexibility index (Phi) is 6.58. The van der Waals surface area contributed by atoms with Crippen molar-refractivity contribution in [2.24, 2.45) is 13.0 Å². The van der Waals surface area contributed by atoms with Crippen LogP contribution in [-0.2, 0) is 16.6 Å². The molecular formula is C16H26N4O3. The van der Waals surface area contributed by atoms with E-state index in [0.717, 1.165) is 31.5 Å². The lowest BCUT2D eigenvalue weighted by Gasteiger charge is -2.33. The molecule has 1 aromatic heterocycles. The summed E-state index contributed by atoms with van der Waals surface area (Å²) in [7, 11) is 1.63.